The molecule has 0 aromatic heterocycles. The highest BCUT2D eigenvalue weighted by Crippen LogP contribution is 2.44. The molecule has 42 heavy (non-hydrogen) atoms. The van der Waals surface area contributed by atoms with Crippen LogP contribution in [0.5, 0.6) is 0 Å². The van der Waals surface area contributed by atoms with Gasteiger partial charge in [-0.2, -0.15) is 11.8 Å². The van der Waals surface area contributed by atoms with E-state index in [1.807, 2.05) is 74.7 Å². The highest BCUT2D eigenvalue weighted by Gasteiger charge is 2.32. The van der Waals surface area contributed by atoms with Gasteiger partial charge in [-0.15, -0.1) is 0 Å². The van der Waals surface area contributed by atoms with Crippen LogP contribution in [0.25, 0.3) is 11.1 Å². The van der Waals surface area contributed by atoms with Gasteiger partial charge in [0.2, 0.25) is 11.8 Å². The normalized spacial score (nSPS) is 14.4. The second-order valence-corrected chi connectivity index (χ2v) is 12.2. The van der Waals surface area contributed by atoms with Gasteiger partial charge in [0.05, 0.1) is 6.04 Å². The molecule has 4 N–H and O–H groups in total. The summed E-state index contributed by atoms with van der Waals surface area (Å²) in [5.74, 6) is -0.526. The largest absolute Gasteiger partial charge is 0.463 e. The Bertz CT molecular complexity index is 1320. The number of amides is 2. The second-order valence-electron chi connectivity index (χ2n) is 11.2. The maximum Gasteiger partial charge on any atom is 0.329 e. The average molecular weight is 588 g/mol. The lowest BCUT2D eigenvalue weighted by Gasteiger charge is -2.25. The van der Waals surface area contributed by atoms with Gasteiger partial charge in [-0.1, -0.05) is 92.7 Å². The minimum atomic E-state index is -0.927. The van der Waals surface area contributed by atoms with Gasteiger partial charge in [-0.05, 0) is 58.6 Å². The van der Waals surface area contributed by atoms with Crippen LogP contribution < -0.4 is 16.4 Å². The molecule has 0 unspecified atom stereocenters. The van der Waals surface area contributed by atoms with Gasteiger partial charge in [-0.3, -0.25) is 9.59 Å². The van der Waals surface area contributed by atoms with Crippen molar-refractivity contribution in [3.63, 3.8) is 0 Å². The number of rotatable bonds is 14. The molecule has 3 aromatic carbocycles. The zero-order chi connectivity index (χ0) is 30.1. The van der Waals surface area contributed by atoms with Crippen LogP contribution in [0, 0.1) is 5.92 Å². The van der Waals surface area contributed by atoms with Gasteiger partial charge in [0.25, 0.3) is 0 Å². The Balaban J connectivity index is 1.50. The summed E-state index contributed by atoms with van der Waals surface area (Å²) in [7, 11) is 0. The highest BCUT2D eigenvalue weighted by molar-refractivity contribution is 7.98. The fraction of sp³-hybridized carbons (Fsp3) is 0.382. The molecule has 1 aliphatic carbocycles. The summed E-state index contributed by atoms with van der Waals surface area (Å²) >= 11 is 1.61. The van der Waals surface area contributed by atoms with E-state index in [0.29, 0.717) is 12.8 Å². The van der Waals surface area contributed by atoms with Gasteiger partial charge in [0.1, 0.15) is 18.7 Å². The van der Waals surface area contributed by atoms with Crippen LogP contribution in [-0.4, -0.2) is 54.5 Å². The van der Waals surface area contributed by atoms with Crippen molar-refractivity contribution in [3.05, 3.63) is 95.6 Å². The molecule has 1 aliphatic rings. The first-order valence-electron chi connectivity index (χ1n) is 14.5. The van der Waals surface area contributed by atoms with Crippen LogP contribution in [0.15, 0.2) is 78.9 Å². The molecule has 3 aromatic rings. The number of hydrogen-bond acceptors (Lipinski definition) is 6. The minimum Gasteiger partial charge on any atom is -0.463 e. The fourth-order valence-corrected chi connectivity index (χ4v) is 5.87. The molecule has 0 aliphatic heterocycles. The van der Waals surface area contributed by atoms with Crippen molar-refractivity contribution in [2.75, 3.05) is 18.6 Å². The molecule has 0 saturated carbocycles. The lowest BCUT2D eigenvalue weighted by Crippen LogP contribution is -2.55. The van der Waals surface area contributed by atoms with Crippen molar-refractivity contribution in [1.29, 1.82) is 0 Å². The first-order valence-corrected chi connectivity index (χ1v) is 15.9. The monoisotopic (exact) mass is 587 g/mol. The second kappa shape index (κ2) is 15.0. The molecule has 0 radical (unpaired) electrons. The standard InChI is InChI=1S/C34H41N3O4S/c1-22(2)19-30(36-32(38)29(35)17-18-42-3)33(39)37-31(20-23-11-5-4-6-12-23)34(40)41-21-28-26-15-9-7-13-24(26)25-14-8-10-16-27(25)28/h4-16,22,28-31H,17-21,35H2,1-3H3,(H,36,38)(H,37,39)/t29-,30+,31-/m0/s1. The van der Waals surface area contributed by atoms with Gasteiger partial charge < -0.3 is 21.1 Å². The van der Waals surface area contributed by atoms with E-state index in [2.05, 4.69) is 34.9 Å². The quantitative estimate of drug-likeness (QED) is 0.236. The number of benzene rings is 3. The van der Waals surface area contributed by atoms with Crippen molar-refractivity contribution in [3.8, 4) is 11.1 Å². The topological polar surface area (TPSA) is 111 Å². The van der Waals surface area contributed by atoms with Crippen molar-refractivity contribution < 1.29 is 19.1 Å². The molecule has 8 heteroatoms. The number of hydrogen-bond donors (Lipinski definition) is 3. The summed E-state index contributed by atoms with van der Waals surface area (Å²) in [6.45, 7) is 4.12. The Labute approximate surface area is 253 Å². The summed E-state index contributed by atoms with van der Waals surface area (Å²) in [6, 6.07) is 23.4. The van der Waals surface area contributed by atoms with Crippen molar-refractivity contribution >= 4 is 29.5 Å². The zero-order valence-electron chi connectivity index (χ0n) is 24.5. The van der Waals surface area contributed by atoms with Crippen LogP contribution in [0.2, 0.25) is 0 Å². The molecule has 0 heterocycles. The molecular weight excluding hydrogens is 546 g/mol. The lowest BCUT2D eigenvalue weighted by molar-refractivity contribution is -0.148. The SMILES string of the molecule is CSCC[C@H](N)C(=O)N[C@H](CC(C)C)C(=O)N[C@@H](Cc1ccccc1)C(=O)OCC1c2ccccc2-c2ccccc21. The van der Waals surface area contributed by atoms with E-state index >= 15 is 0 Å². The molecule has 0 bridgehead atoms. The molecule has 2 amide bonds. The molecule has 222 valence electrons. The summed E-state index contributed by atoms with van der Waals surface area (Å²) in [4.78, 5) is 40.0. The van der Waals surface area contributed by atoms with E-state index in [9.17, 15) is 14.4 Å². The predicted molar refractivity (Wildman–Crippen MR) is 169 cm³/mol. The maximum absolute atomic E-state index is 13.6. The van der Waals surface area contributed by atoms with Crippen molar-refractivity contribution in [2.45, 2.75) is 57.2 Å². The molecule has 3 atom stereocenters. The third kappa shape index (κ3) is 8.01. The van der Waals surface area contributed by atoms with Crippen molar-refractivity contribution in [2.24, 2.45) is 11.7 Å². The number of ether oxygens (including phenoxy) is 1. The predicted octanol–water partition coefficient (Wildman–Crippen LogP) is 4.68. The Hall–Kier alpha value is -3.62. The zero-order valence-corrected chi connectivity index (χ0v) is 25.4. The lowest BCUT2D eigenvalue weighted by atomic mass is 9.98. The summed E-state index contributed by atoms with van der Waals surface area (Å²) in [6.07, 6.45) is 3.14. The molecule has 0 saturated heterocycles. The number of nitrogens with one attached hydrogen (secondary N) is 2. The van der Waals surface area contributed by atoms with Gasteiger partial charge in [0, 0.05) is 12.3 Å². The minimum absolute atomic E-state index is 0.0924. The Morgan fingerprint density at radius 2 is 1.40 bits per heavy atom. The molecule has 7 nitrogen and oxygen atoms in total. The first kappa shape index (κ1) is 31.3. The number of carbonyl (C=O) groups excluding carboxylic acids is 3. The fourth-order valence-electron chi connectivity index (χ4n) is 5.38. The number of fused-ring (bicyclic) bond motifs is 3. The molecular formula is C34H41N3O4S. The molecule has 0 fully saturated rings. The number of esters is 1. The van der Waals surface area contributed by atoms with Crippen LogP contribution in [0.3, 0.4) is 0 Å². The van der Waals surface area contributed by atoms with Gasteiger partial charge >= 0.3 is 5.97 Å². The Morgan fingerprint density at radius 1 is 0.833 bits per heavy atom. The summed E-state index contributed by atoms with van der Waals surface area (Å²) < 4.78 is 5.94. The van der Waals surface area contributed by atoms with Crippen LogP contribution in [-0.2, 0) is 25.5 Å². The van der Waals surface area contributed by atoms with Crippen molar-refractivity contribution in [1.82, 2.24) is 10.6 Å². The number of thioether (sulfide) groups is 1. The molecule has 4 rings (SSSR count). The van der Waals surface area contributed by atoms with E-state index in [-0.39, 0.29) is 30.8 Å². The van der Waals surface area contributed by atoms with Gasteiger partial charge in [0.15, 0.2) is 0 Å². The van der Waals surface area contributed by atoms with E-state index < -0.39 is 30.0 Å². The number of nitrogens with two attached hydrogens (primary N) is 1. The van der Waals surface area contributed by atoms with E-state index in [0.717, 1.165) is 33.6 Å². The average Bonchev–Trinajstić information content (AvgIpc) is 3.31. The molecule has 0 spiro atoms. The van der Waals surface area contributed by atoms with E-state index in [4.69, 9.17) is 10.5 Å². The van der Waals surface area contributed by atoms with E-state index in [1.165, 1.54) is 0 Å². The third-order valence-corrected chi connectivity index (χ3v) is 8.19. The smallest absolute Gasteiger partial charge is 0.329 e. The highest BCUT2D eigenvalue weighted by atomic mass is 32.2. The maximum atomic E-state index is 13.6. The van der Waals surface area contributed by atoms with Crippen LogP contribution in [0.1, 0.15) is 49.3 Å². The number of carbonyl (C=O) groups is 3. The van der Waals surface area contributed by atoms with Gasteiger partial charge in [-0.25, -0.2) is 4.79 Å². The Morgan fingerprint density at radius 3 is 2.00 bits per heavy atom. The van der Waals surface area contributed by atoms with Crippen LogP contribution >= 0.6 is 11.8 Å². The third-order valence-electron chi connectivity index (χ3n) is 7.55. The first-order chi connectivity index (χ1) is 20.3. The summed E-state index contributed by atoms with van der Waals surface area (Å²) in [5, 5.41) is 5.73. The Kier molecular flexibility index (Phi) is 11.2. The summed E-state index contributed by atoms with van der Waals surface area (Å²) in [5.41, 5.74) is 11.5. The van der Waals surface area contributed by atoms with E-state index in [1.54, 1.807) is 11.8 Å². The van der Waals surface area contributed by atoms with Crippen LogP contribution in [0.4, 0.5) is 0 Å².